The molecule has 0 spiro atoms. The number of fused-ring (bicyclic) bond motifs is 3. The normalized spacial score (nSPS) is 35.8. The third-order valence-electron chi connectivity index (χ3n) is 4.52. The van der Waals surface area contributed by atoms with Crippen LogP contribution in [0.4, 0.5) is 0 Å². The fourth-order valence-electron chi connectivity index (χ4n) is 3.16. The Morgan fingerprint density at radius 1 is 1.12 bits per heavy atom. The number of halogens is 1. The molecular formula is C15H17BrO. The molecule has 2 bridgehead atoms. The molecule has 4 rings (SSSR count). The maximum atomic E-state index is 6.07. The fourth-order valence-corrected chi connectivity index (χ4v) is 3.43. The molecule has 2 heteroatoms. The van der Waals surface area contributed by atoms with Crippen molar-refractivity contribution in [2.24, 2.45) is 0 Å². The van der Waals surface area contributed by atoms with Gasteiger partial charge in [-0.25, -0.2) is 0 Å². The summed E-state index contributed by atoms with van der Waals surface area (Å²) in [5.41, 5.74) is 1.67. The lowest BCUT2D eigenvalue weighted by molar-refractivity contribution is -0.128. The molecule has 0 amide bonds. The van der Waals surface area contributed by atoms with E-state index in [2.05, 4.69) is 46.8 Å². The Labute approximate surface area is 111 Å². The summed E-state index contributed by atoms with van der Waals surface area (Å²) in [5.74, 6) is 0. The van der Waals surface area contributed by atoms with Gasteiger partial charge in [-0.15, -0.1) is 6.58 Å². The second kappa shape index (κ2) is 3.96. The van der Waals surface area contributed by atoms with Crippen LogP contribution < -0.4 is 0 Å². The van der Waals surface area contributed by atoms with Crippen LogP contribution in [-0.2, 0) is 10.2 Å². The largest absolute Gasteiger partial charge is 0.370 e. The number of hydrogen-bond acceptors (Lipinski definition) is 1. The Morgan fingerprint density at radius 3 is 2.24 bits per heavy atom. The average Bonchev–Trinajstić information content (AvgIpc) is 2.41. The van der Waals surface area contributed by atoms with Gasteiger partial charge in [0.2, 0.25) is 0 Å². The molecule has 1 aromatic carbocycles. The van der Waals surface area contributed by atoms with Crippen molar-refractivity contribution in [1.29, 1.82) is 0 Å². The van der Waals surface area contributed by atoms with E-state index in [1.807, 2.05) is 6.08 Å². The Kier molecular flexibility index (Phi) is 2.68. The Bertz CT molecular complexity index is 410. The van der Waals surface area contributed by atoms with Crippen LogP contribution in [-0.4, -0.2) is 12.2 Å². The molecule has 90 valence electrons. The van der Waals surface area contributed by atoms with E-state index in [0.29, 0.717) is 0 Å². The lowest BCUT2D eigenvalue weighted by Crippen LogP contribution is -2.52. The van der Waals surface area contributed by atoms with Crippen molar-refractivity contribution in [3.63, 3.8) is 0 Å². The van der Waals surface area contributed by atoms with Crippen molar-refractivity contribution in [3.05, 3.63) is 47.0 Å². The Hall–Kier alpha value is -0.600. The number of hydrogen-bond donors (Lipinski definition) is 0. The Morgan fingerprint density at radius 2 is 1.76 bits per heavy atom. The van der Waals surface area contributed by atoms with Crippen LogP contribution >= 0.6 is 15.9 Å². The molecule has 2 heterocycles. The van der Waals surface area contributed by atoms with E-state index in [4.69, 9.17) is 4.74 Å². The Balaban J connectivity index is 1.90. The molecule has 0 N–H and O–H groups in total. The molecule has 0 atom stereocenters. The van der Waals surface area contributed by atoms with Crippen molar-refractivity contribution in [1.82, 2.24) is 0 Å². The van der Waals surface area contributed by atoms with E-state index in [0.717, 1.165) is 23.9 Å². The van der Waals surface area contributed by atoms with E-state index in [1.165, 1.54) is 18.4 Å². The minimum atomic E-state index is -0.0168. The second-order valence-electron chi connectivity index (χ2n) is 5.34. The average molecular weight is 293 g/mol. The second-order valence-corrected chi connectivity index (χ2v) is 6.26. The monoisotopic (exact) mass is 292 g/mol. The van der Waals surface area contributed by atoms with Crippen molar-refractivity contribution in [2.45, 2.75) is 36.7 Å². The minimum absolute atomic E-state index is 0.0168. The van der Waals surface area contributed by atoms with Gasteiger partial charge in [-0.05, 0) is 43.4 Å². The molecule has 17 heavy (non-hydrogen) atoms. The highest BCUT2D eigenvalue weighted by atomic mass is 79.9. The van der Waals surface area contributed by atoms with E-state index in [9.17, 15) is 0 Å². The quantitative estimate of drug-likeness (QED) is 0.742. The molecule has 1 aliphatic carbocycles. The zero-order valence-electron chi connectivity index (χ0n) is 9.92. The van der Waals surface area contributed by atoms with Crippen LogP contribution in [0.15, 0.2) is 41.4 Å². The first-order valence-electron chi connectivity index (χ1n) is 6.22. The van der Waals surface area contributed by atoms with Gasteiger partial charge in [0.05, 0.1) is 12.2 Å². The molecule has 2 aliphatic heterocycles. The highest BCUT2D eigenvalue weighted by Gasteiger charge is 2.48. The number of ether oxygens (including phenoxy) is 1. The first-order chi connectivity index (χ1) is 8.18. The lowest BCUT2D eigenvalue weighted by Gasteiger charge is -2.52. The molecule has 0 aromatic heterocycles. The van der Waals surface area contributed by atoms with Gasteiger partial charge >= 0.3 is 0 Å². The SMILES string of the molecule is C=CC12CCC(c3ccc(Br)cc3)(CC1)CO2. The van der Waals surface area contributed by atoms with Gasteiger partial charge in [-0.1, -0.05) is 34.1 Å². The van der Waals surface area contributed by atoms with Gasteiger partial charge in [0.1, 0.15) is 0 Å². The molecule has 3 fully saturated rings. The molecule has 3 aliphatic rings. The molecule has 2 saturated heterocycles. The summed E-state index contributed by atoms with van der Waals surface area (Å²) < 4.78 is 7.22. The summed E-state index contributed by atoms with van der Waals surface area (Å²) in [6.07, 6.45) is 6.69. The van der Waals surface area contributed by atoms with Gasteiger partial charge in [0.25, 0.3) is 0 Å². The maximum Gasteiger partial charge on any atom is 0.0860 e. The summed E-state index contributed by atoms with van der Waals surface area (Å²) in [4.78, 5) is 0. The molecule has 0 unspecified atom stereocenters. The number of rotatable bonds is 2. The van der Waals surface area contributed by atoms with Crippen LogP contribution in [0.3, 0.4) is 0 Å². The fraction of sp³-hybridized carbons (Fsp3) is 0.467. The van der Waals surface area contributed by atoms with Crippen molar-refractivity contribution in [2.75, 3.05) is 6.61 Å². The van der Waals surface area contributed by atoms with Crippen LogP contribution in [0.2, 0.25) is 0 Å². The van der Waals surface area contributed by atoms with Crippen LogP contribution in [0.5, 0.6) is 0 Å². The van der Waals surface area contributed by atoms with Gasteiger partial charge in [0, 0.05) is 9.89 Å². The standard InChI is InChI=1S/C15H17BrO/c1-2-15-9-7-14(8-10-15,11-17-15)12-3-5-13(16)6-4-12/h2-6H,1,7-11H2. The van der Waals surface area contributed by atoms with E-state index < -0.39 is 0 Å². The molecule has 1 aromatic rings. The first kappa shape index (κ1) is 11.5. The predicted octanol–water partition coefficient (Wildman–Crippen LogP) is 4.22. The maximum absolute atomic E-state index is 6.07. The highest BCUT2D eigenvalue weighted by molar-refractivity contribution is 9.10. The summed E-state index contributed by atoms with van der Waals surface area (Å²) in [6.45, 7) is 4.78. The van der Waals surface area contributed by atoms with Gasteiger partial charge < -0.3 is 4.74 Å². The molecule has 1 saturated carbocycles. The zero-order valence-corrected chi connectivity index (χ0v) is 11.5. The van der Waals surface area contributed by atoms with Gasteiger partial charge in [-0.2, -0.15) is 0 Å². The summed E-state index contributed by atoms with van der Waals surface area (Å²) in [6, 6.07) is 8.74. The van der Waals surface area contributed by atoms with Gasteiger partial charge in [0.15, 0.2) is 0 Å². The third-order valence-corrected chi connectivity index (χ3v) is 5.05. The summed E-state index contributed by atoms with van der Waals surface area (Å²) in [5, 5.41) is 0. The summed E-state index contributed by atoms with van der Waals surface area (Å²) >= 11 is 3.49. The van der Waals surface area contributed by atoms with Crippen molar-refractivity contribution in [3.8, 4) is 0 Å². The predicted molar refractivity (Wildman–Crippen MR) is 73.2 cm³/mol. The third kappa shape index (κ3) is 1.78. The van der Waals surface area contributed by atoms with Crippen LogP contribution in [0.25, 0.3) is 0 Å². The highest BCUT2D eigenvalue weighted by Crippen LogP contribution is 2.50. The first-order valence-corrected chi connectivity index (χ1v) is 7.01. The van der Waals surface area contributed by atoms with E-state index >= 15 is 0 Å². The number of benzene rings is 1. The minimum Gasteiger partial charge on any atom is -0.370 e. The van der Waals surface area contributed by atoms with Crippen molar-refractivity contribution < 1.29 is 4.74 Å². The van der Waals surface area contributed by atoms with E-state index in [-0.39, 0.29) is 11.0 Å². The molecular weight excluding hydrogens is 276 g/mol. The smallest absolute Gasteiger partial charge is 0.0860 e. The summed E-state index contributed by atoms with van der Waals surface area (Å²) in [7, 11) is 0. The van der Waals surface area contributed by atoms with E-state index in [1.54, 1.807) is 0 Å². The van der Waals surface area contributed by atoms with Crippen LogP contribution in [0.1, 0.15) is 31.2 Å². The van der Waals surface area contributed by atoms with Crippen LogP contribution in [0, 0.1) is 0 Å². The molecule has 0 radical (unpaired) electrons. The van der Waals surface area contributed by atoms with Crippen molar-refractivity contribution >= 4 is 15.9 Å². The van der Waals surface area contributed by atoms with Gasteiger partial charge in [-0.3, -0.25) is 0 Å². The topological polar surface area (TPSA) is 9.23 Å². The zero-order chi connectivity index (χ0) is 11.9. The lowest BCUT2D eigenvalue weighted by atomic mass is 9.63. The molecule has 1 nitrogen and oxygen atoms in total.